The molecule has 2 rings (SSSR count). The van der Waals surface area contributed by atoms with Crippen molar-refractivity contribution >= 4 is 0 Å². The van der Waals surface area contributed by atoms with Crippen LogP contribution < -0.4 is 0 Å². The molecule has 0 spiro atoms. The fourth-order valence-electron chi connectivity index (χ4n) is 3.51. The third-order valence-corrected chi connectivity index (χ3v) is 4.61. The summed E-state index contributed by atoms with van der Waals surface area (Å²) in [4.78, 5) is 0. The maximum absolute atomic E-state index is 9.86. The highest BCUT2D eigenvalue weighted by molar-refractivity contribution is 5.41. The quantitative estimate of drug-likeness (QED) is 0.855. The first-order valence-electron chi connectivity index (χ1n) is 7.50. The Morgan fingerprint density at radius 3 is 1.33 bits per heavy atom. The molecule has 0 aromatic heterocycles. The molecule has 0 bridgehead atoms. The smallest absolute Gasteiger partial charge is 0.0468 e. The minimum Gasteiger partial charge on any atom is -0.396 e. The zero-order valence-corrected chi connectivity index (χ0v) is 12.7. The molecule has 112 valence electrons. The second-order valence-electron chi connectivity index (χ2n) is 5.77. The Morgan fingerprint density at radius 1 is 0.714 bits per heavy atom. The molecular weight excluding hydrogens is 260 g/mol. The number of aliphatic hydroxyl groups is 2. The first-order chi connectivity index (χ1) is 10.2. The van der Waals surface area contributed by atoms with E-state index in [4.69, 9.17) is 0 Å². The Bertz CT molecular complexity index is 485. The highest BCUT2D eigenvalue weighted by Crippen LogP contribution is 2.45. The molecule has 0 radical (unpaired) electrons. The average Bonchev–Trinajstić information content (AvgIpc) is 2.57. The standard InChI is InChI=1S/C19H24O2/c1-15(13-20)19(16(2)14-21,17-9-5-3-6-10-17)18-11-7-4-8-12-18/h3-12,15-16,20-21H,13-14H2,1-2H3. The number of rotatable bonds is 6. The maximum atomic E-state index is 9.86. The van der Waals surface area contributed by atoms with Crippen molar-refractivity contribution < 1.29 is 10.2 Å². The lowest BCUT2D eigenvalue weighted by Crippen LogP contribution is -2.44. The summed E-state index contributed by atoms with van der Waals surface area (Å²) in [6.07, 6.45) is 0. The second kappa shape index (κ2) is 6.88. The molecule has 21 heavy (non-hydrogen) atoms. The largest absolute Gasteiger partial charge is 0.396 e. The molecule has 2 aromatic carbocycles. The monoisotopic (exact) mass is 284 g/mol. The van der Waals surface area contributed by atoms with Crippen molar-refractivity contribution in [2.75, 3.05) is 13.2 Å². The molecule has 0 aliphatic rings. The van der Waals surface area contributed by atoms with Gasteiger partial charge in [0, 0.05) is 18.6 Å². The molecule has 0 saturated carbocycles. The summed E-state index contributed by atoms with van der Waals surface area (Å²) in [6, 6.07) is 20.4. The van der Waals surface area contributed by atoms with Crippen LogP contribution in [-0.4, -0.2) is 23.4 Å². The van der Waals surface area contributed by atoms with Crippen LogP contribution in [0, 0.1) is 11.8 Å². The topological polar surface area (TPSA) is 40.5 Å². The number of hydrogen-bond donors (Lipinski definition) is 2. The summed E-state index contributed by atoms with van der Waals surface area (Å²) >= 11 is 0. The van der Waals surface area contributed by atoms with Crippen molar-refractivity contribution in [2.45, 2.75) is 19.3 Å². The van der Waals surface area contributed by atoms with Crippen molar-refractivity contribution in [3.05, 3.63) is 71.8 Å². The number of benzene rings is 2. The van der Waals surface area contributed by atoms with Crippen LogP contribution in [-0.2, 0) is 5.41 Å². The van der Waals surface area contributed by atoms with Gasteiger partial charge in [0.1, 0.15) is 0 Å². The molecule has 0 saturated heterocycles. The van der Waals surface area contributed by atoms with E-state index in [0.717, 1.165) is 11.1 Å². The van der Waals surface area contributed by atoms with Crippen LogP contribution in [0.2, 0.25) is 0 Å². The highest BCUT2D eigenvalue weighted by atomic mass is 16.3. The van der Waals surface area contributed by atoms with Gasteiger partial charge >= 0.3 is 0 Å². The zero-order valence-electron chi connectivity index (χ0n) is 12.7. The molecule has 2 unspecified atom stereocenters. The van der Waals surface area contributed by atoms with Crippen molar-refractivity contribution in [1.29, 1.82) is 0 Å². The van der Waals surface area contributed by atoms with E-state index in [1.165, 1.54) is 0 Å². The molecule has 2 aromatic rings. The zero-order chi connectivity index (χ0) is 15.3. The van der Waals surface area contributed by atoms with Gasteiger partial charge in [-0.2, -0.15) is 0 Å². The van der Waals surface area contributed by atoms with E-state index in [0.29, 0.717) is 0 Å². The highest BCUT2D eigenvalue weighted by Gasteiger charge is 2.43. The Hall–Kier alpha value is -1.64. The van der Waals surface area contributed by atoms with Crippen LogP contribution in [0.25, 0.3) is 0 Å². The van der Waals surface area contributed by atoms with Crippen molar-refractivity contribution in [3.63, 3.8) is 0 Å². The summed E-state index contributed by atoms with van der Waals surface area (Å²) in [5.41, 5.74) is 1.88. The predicted octanol–water partition coefficient (Wildman–Crippen LogP) is 3.23. The van der Waals surface area contributed by atoms with Gasteiger partial charge in [0.25, 0.3) is 0 Å². The fraction of sp³-hybridized carbons (Fsp3) is 0.368. The van der Waals surface area contributed by atoms with Gasteiger partial charge in [-0.15, -0.1) is 0 Å². The van der Waals surface area contributed by atoms with E-state index >= 15 is 0 Å². The van der Waals surface area contributed by atoms with Crippen LogP contribution in [0.1, 0.15) is 25.0 Å². The Labute approximate surface area is 127 Å². The van der Waals surface area contributed by atoms with Gasteiger partial charge in [0.15, 0.2) is 0 Å². The normalized spacial score (nSPS) is 14.7. The minimum absolute atomic E-state index is 0.00412. The molecule has 0 amide bonds. The first kappa shape index (κ1) is 15.7. The summed E-state index contributed by atoms with van der Waals surface area (Å²) in [5.74, 6) is 0.00824. The van der Waals surface area contributed by atoms with Crippen LogP contribution in [0.4, 0.5) is 0 Å². The van der Waals surface area contributed by atoms with E-state index in [1.807, 2.05) is 50.2 Å². The lowest BCUT2D eigenvalue weighted by Gasteiger charge is -2.44. The molecule has 0 fully saturated rings. The molecule has 0 heterocycles. The third kappa shape index (κ3) is 2.74. The van der Waals surface area contributed by atoms with E-state index in [9.17, 15) is 10.2 Å². The third-order valence-electron chi connectivity index (χ3n) is 4.61. The Balaban J connectivity index is 2.72. The Kier molecular flexibility index (Phi) is 5.16. The van der Waals surface area contributed by atoms with Crippen LogP contribution in [0.3, 0.4) is 0 Å². The second-order valence-corrected chi connectivity index (χ2v) is 5.77. The molecular formula is C19H24O2. The van der Waals surface area contributed by atoms with E-state index < -0.39 is 5.41 Å². The van der Waals surface area contributed by atoms with Gasteiger partial charge in [-0.1, -0.05) is 74.5 Å². The molecule has 2 heteroatoms. The predicted molar refractivity (Wildman–Crippen MR) is 86.2 cm³/mol. The van der Waals surface area contributed by atoms with Crippen LogP contribution in [0.15, 0.2) is 60.7 Å². The van der Waals surface area contributed by atoms with E-state index in [2.05, 4.69) is 24.3 Å². The molecule has 2 N–H and O–H groups in total. The van der Waals surface area contributed by atoms with Crippen molar-refractivity contribution in [2.24, 2.45) is 11.8 Å². The molecule has 2 nitrogen and oxygen atoms in total. The molecule has 0 aliphatic carbocycles. The summed E-state index contributed by atoms with van der Waals surface area (Å²) in [5, 5.41) is 19.7. The van der Waals surface area contributed by atoms with Crippen molar-refractivity contribution in [3.8, 4) is 0 Å². The first-order valence-corrected chi connectivity index (χ1v) is 7.50. The van der Waals surface area contributed by atoms with E-state index in [1.54, 1.807) is 0 Å². The average molecular weight is 284 g/mol. The van der Waals surface area contributed by atoms with Gasteiger partial charge in [-0.3, -0.25) is 0 Å². The maximum Gasteiger partial charge on any atom is 0.0468 e. The number of hydrogen-bond acceptors (Lipinski definition) is 2. The molecule has 2 atom stereocenters. The lowest BCUT2D eigenvalue weighted by molar-refractivity contribution is 0.106. The van der Waals surface area contributed by atoms with Gasteiger partial charge in [-0.25, -0.2) is 0 Å². The minimum atomic E-state index is -0.397. The molecule has 0 aliphatic heterocycles. The van der Waals surface area contributed by atoms with Gasteiger partial charge < -0.3 is 10.2 Å². The Morgan fingerprint density at radius 2 is 1.05 bits per heavy atom. The summed E-state index contributed by atoms with van der Waals surface area (Å²) < 4.78 is 0. The lowest BCUT2D eigenvalue weighted by atomic mass is 9.60. The van der Waals surface area contributed by atoms with Crippen molar-refractivity contribution in [1.82, 2.24) is 0 Å². The fourth-order valence-corrected chi connectivity index (χ4v) is 3.51. The van der Waals surface area contributed by atoms with Crippen LogP contribution >= 0.6 is 0 Å². The summed E-state index contributed by atoms with van der Waals surface area (Å²) in [6.45, 7) is 4.25. The van der Waals surface area contributed by atoms with Crippen LogP contribution in [0.5, 0.6) is 0 Å². The SMILES string of the molecule is CC(CO)C(c1ccccc1)(c1ccccc1)C(C)CO. The van der Waals surface area contributed by atoms with Gasteiger partial charge in [0.05, 0.1) is 0 Å². The van der Waals surface area contributed by atoms with Gasteiger partial charge in [-0.05, 0) is 23.0 Å². The van der Waals surface area contributed by atoms with E-state index in [-0.39, 0.29) is 25.0 Å². The summed E-state index contributed by atoms with van der Waals surface area (Å²) in [7, 11) is 0. The number of aliphatic hydroxyl groups excluding tert-OH is 2. The van der Waals surface area contributed by atoms with Gasteiger partial charge in [0.2, 0.25) is 0 Å².